The lowest BCUT2D eigenvalue weighted by Gasteiger charge is -2.65. The van der Waals surface area contributed by atoms with Crippen LogP contribution in [0.15, 0.2) is 12.2 Å². The molecular formula is C37H56O10. The highest BCUT2D eigenvalue weighted by molar-refractivity contribution is 5.66. The van der Waals surface area contributed by atoms with Gasteiger partial charge in [0.15, 0.2) is 12.1 Å². The topological polar surface area (TPSA) is 144 Å². The molecule has 2 bridgehead atoms. The van der Waals surface area contributed by atoms with Crippen molar-refractivity contribution in [3.8, 4) is 0 Å². The zero-order valence-electron chi connectivity index (χ0n) is 29.1. The third kappa shape index (κ3) is 3.78. The predicted octanol–water partition coefficient (Wildman–Crippen LogP) is 3.47. The summed E-state index contributed by atoms with van der Waals surface area (Å²) in [6.45, 7) is 18.9. The molecule has 3 spiro atoms. The van der Waals surface area contributed by atoms with Gasteiger partial charge in [0.2, 0.25) is 0 Å². The number of esters is 1. The Morgan fingerprint density at radius 1 is 0.894 bits per heavy atom. The minimum Gasteiger partial charge on any atom is -0.462 e. The highest BCUT2D eigenvalue weighted by Crippen LogP contribution is 2.90. The van der Waals surface area contributed by atoms with Crippen LogP contribution in [0.1, 0.15) is 93.4 Å². The Kier molecular flexibility index (Phi) is 7.05. The van der Waals surface area contributed by atoms with E-state index in [0.29, 0.717) is 5.92 Å². The molecule has 10 nitrogen and oxygen atoms in total. The van der Waals surface area contributed by atoms with Gasteiger partial charge in [-0.3, -0.25) is 4.79 Å². The third-order valence-corrected chi connectivity index (χ3v) is 16.0. The number of aliphatic hydroxyl groups is 4. The molecule has 264 valence electrons. The van der Waals surface area contributed by atoms with Crippen molar-refractivity contribution in [3.05, 3.63) is 12.2 Å². The Balaban J connectivity index is 1.16. The molecule has 5 aliphatic carbocycles. The highest BCUT2D eigenvalue weighted by atomic mass is 16.8. The van der Waals surface area contributed by atoms with Crippen LogP contribution >= 0.6 is 0 Å². The van der Waals surface area contributed by atoms with Gasteiger partial charge in [0.05, 0.1) is 18.8 Å². The third-order valence-electron chi connectivity index (χ3n) is 16.0. The van der Waals surface area contributed by atoms with Crippen LogP contribution in [-0.4, -0.2) is 93.9 Å². The monoisotopic (exact) mass is 660 g/mol. The molecular weight excluding hydrogens is 604 g/mol. The van der Waals surface area contributed by atoms with Crippen LogP contribution < -0.4 is 0 Å². The fourth-order valence-corrected chi connectivity index (χ4v) is 14.1. The summed E-state index contributed by atoms with van der Waals surface area (Å²) in [4.78, 5) is 12.9. The van der Waals surface area contributed by atoms with E-state index < -0.39 is 53.4 Å². The van der Waals surface area contributed by atoms with E-state index >= 15 is 0 Å². The molecule has 18 unspecified atom stereocenters. The van der Waals surface area contributed by atoms with Gasteiger partial charge < -0.3 is 44.1 Å². The van der Waals surface area contributed by atoms with Gasteiger partial charge in [-0.1, -0.05) is 41.2 Å². The first-order valence-electron chi connectivity index (χ1n) is 18.1. The van der Waals surface area contributed by atoms with Gasteiger partial charge >= 0.3 is 5.97 Å². The lowest BCUT2D eigenvalue weighted by atomic mass is 9.40. The largest absolute Gasteiger partial charge is 0.462 e. The quantitative estimate of drug-likeness (QED) is 0.201. The molecule has 0 amide bonds. The fourth-order valence-electron chi connectivity index (χ4n) is 14.1. The number of hydrogen-bond donors (Lipinski definition) is 4. The summed E-state index contributed by atoms with van der Waals surface area (Å²) in [5.74, 6) is -0.937. The normalized spacial score (nSPS) is 59.9. The Morgan fingerprint density at radius 2 is 1.60 bits per heavy atom. The van der Waals surface area contributed by atoms with E-state index in [2.05, 4.69) is 41.2 Å². The molecule has 8 rings (SSSR count). The van der Waals surface area contributed by atoms with Crippen molar-refractivity contribution in [1.82, 2.24) is 0 Å². The molecule has 0 aromatic rings. The number of carbonyl (C=O) groups is 1. The smallest absolute Gasteiger partial charge is 0.302 e. The first-order valence-corrected chi connectivity index (χ1v) is 18.1. The van der Waals surface area contributed by atoms with Crippen LogP contribution in [0.4, 0.5) is 0 Å². The maximum absolute atomic E-state index is 12.9. The molecule has 3 aliphatic heterocycles. The second-order valence-electron chi connectivity index (χ2n) is 18.1. The Bertz CT molecular complexity index is 1350. The lowest BCUT2D eigenvalue weighted by Crippen LogP contribution is -2.65. The van der Waals surface area contributed by atoms with Crippen molar-refractivity contribution in [2.75, 3.05) is 6.61 Å². The summed E-state index contributed by atoms with van der Waals surface area (Å²) < 4.78 is 32.3. The Hall–Kier alpha value is -1.11. The van der Waals surface area contributed by atoms with Crippen LogP contribution in [-0.2, 0) is 28.5 Å². The zero-order valence-corrected chi connectivity index (χ0v) is 29.1. The lowest BCUT2D eigenvalue weighted by molar-refractivity contribution is -0.304. The predicted molar refractivity (Wildman–Crippen MR) is 168 cm³/mol. The molecule has 3 heterocycles. The summed E-state index contributed by atoms with van der Waals surface area (Å²) >= 11 is 0. The average molecular weight is 661 g/mol. The summed E-state index contributed by atoms with van der Waals surface area (Å²) in [6, 6.07) is 0. The van der Waals surface area contributed by atoms with E-state index in [1.165, 1.54) is 6.92 Å². The van der Waals surface area contributed by atoms with Crippen molar-refractivity contribution in [3.63, 3.8) is 0 Å². The van der Waals surface area contributed by atoms with Crippen molar-refractivity contribution >= 4 is 5.97 Å². The molecule has 10 heteroatoms. The molecule has 18 atom stereocenters. The Labute approximate surface area is 278 Å². The maximum Gasteiger partial charge on any atom is 0.302 e. The number of carbonyl (C=O) groups excluding carboxylic acids is 1. The molecule has 8 fully saturated rings. The van der Waals surface area contributed by atoms with E-state index in [4.69, 9.17) is 23.7 Å². The van der Waals surface area contributed by atoms with Gasteiger partial charge in [-0.2, -0.15) is 0 Å². The van der Waals surface area contributed by atoms with E-state index in [0.717, 1.165) is 50.5 Å². The summed E-state index contributed by atoms with van der Waals surface area (Å²) in [7, 11) is 0. The highest BCUT2D eigenvalue weighted by Gasteiger charge is 2.90. The van der Waals surface area contributed by atoms with Crippen LogP contribution in [0, 0.1) is 50.7 Å². The average Bonchev–Trinajstić information content (AvgIpc) is 3.49. The molecule has 3 saturated heterocycles. The number of rotatable bonds is 4. The van der Waals surface area contributed by atoms with Gasteiger partial charge in [0.25, 0.3) is 0 Å². The van der Waals surface area contributed by atoms with Gasteiger partial charge in [-0.05, 0) is 91.4 Å². The number of ether oxygens (including phenoxy) is 5. The Morgan fingerprint density at radius 3 is 2.28 bits per heavy atom. The van der Waals surface area contributed by atoms with Crippen molar-refractivity contribution in [1.29, 1.82) is 0 Å². The van der Waals surface area contributed by atoms with Crippen LogP contribution in [0.25, 0.3) is 0 Å². The van der Waals surface area contributed by atoms with E-state index in [1.807, 2.05) is 6.92 Å². The first-order chi connectivity index (χ1) is 21.9. The zero-order chi connectivity index (χ0) is 33.9. The van der Waals surface area contributed by atoms with Crippen molar-refractivity contribution in [2.24, 2.45) is 50.7 Å². The molecule has 0 radical (unpaired) electrons. The second kappa shape index (κ2) is 10.0. The molecule has 5 saturated carbocycles. The van der Waals surface area contributed by atoms with Gasteiger partial charge in [0.1, 0.15) is 36.6 Å². The van der Waals surface area contributed by atoms with Crippen molar-refractivity contribution < 1.29 is 48.9 Å². The molecule has 0 aromatic heterocycles. The molecule has 47 heavy (non-hydrogen) atoms. The maximum atomic E-state index is 12.9. The summed E-state index contributed by atoms with van der Waals surface area (Å²) in [5.41, 5.74) is -0.690. The van der Waals surface area contributed by atoms with Crippen molar-refractivity contribution in [2.45, 2.75) is 154 Å². The van der Waals surface area contributed by atoms with Crippen LogP contribution in [0.3, 0.4) is 0 Å². The van der Waals surface area contributed by atoms with Gasteiger partial charge in [0, 0.05) is 23.7 Å². The van der Waals surface area contributed by atoms with Crippen LogP contribution in [0.5, 0.6) is 0 Å². The minimum absolute atomic E-state index is 0.000687. The van der Waals surface area contributed by atoms with Crippen LogP contribution in [0.2, 0.25) is 0 Å². The number of hydrogen-bond acceptors (Lipinski definition) is 10. The van der Waals surface area contributed by atoms with Gasteiger partial charge in [-0.15, -0.1) is 0 Å². The molecule has 0 aromatic carbocycles. The number of aliphatic hydroxyl groups excluding tert-OH is 4. The summed E-state index contributed by atoms with van der Waals surface area (Å²) in [6.07, 6.45) is -0.572. The minimum atomic E-state index is -1.33. The first kappa shape index (κ1) is 33.1. The van der Waals surface area contributed by atoms with Gasteiger partial charge in [-0.25, -0.2) is 0 Å². The molecule has 4 N–H and O–H groups in total. The van der Waals surface area contributed by atoms with E-state index in [1.54, 1.807) is 0 Å². The van der Waals surface area contributed by atoms with E-state index in [9.17, 15) is 25.2 Å². The summed E-state index contributed by atoms with van der Waals surface area (Å²) in [5, 5.41) is 43.8. The molecule has 8 aliphatic rings. The second-order valence-corrected chi connectivity index (χ2v) is 18.1. The SMILES string of the molecule is C=C(C)C1OC23OC1CC(C)C2C1(C)C(OC(C)=O)CC24CC25CCC(OC2OCC(O)C(O)C2O)C(C)(C)C5CCC4C1(C)C3O. The van der Waals surface area contributed by atoms with E-state index in [-0.39, 0.29) is 64.9 Å². The fraction of sp³-hybridized carbons (Fsp3) is 0.919. The number of fused-ring (bicyclic) bond motifs is 4. The standard InChI is InChI=1S/C37H56O10/c1-17(2)28-21-13-18(3)29-34(8)25(44-19(4)38)14-36-16-35(36)12-11-24(45-30-27(41)26(40)20(39)15-43-30)32(5,6)22(35)9-10-23(36)33(34,7)31(42)37(29,46-21)47-28/h18,20-31,39-42H,1,9-16H2,2-8H3.